The van der Waals surface area contributed by atoms with Crippen LogP contribution in [0.2, 0.25) is 0 Å². The number of carbonyl (C=O) groups is 2. The van der Waals surface area contributed by atoms with E-state index in [0.29, 0.717) is 19.3 Å². The predicted molar refractivity (Wildman–Crippen MR) is 338 cm³/mol. The highest BCUT2D eigenvalue weighted by Crippen LogP contribution is 2.26. The van der Waals surface area contributed by atoms with Crippen molar-refractivity contribution in [2.45, 2.75) is 333 Å². The molecule has 0 aliphatic carbocycles. The first-order chi connectivity index (χ1) is 39.7. The fraction of sp³-hybridized carbons (Fsp3) is 0.771. The molecule has 468 valence electrons. The lowest BCUT2D eigenvalue weighted by Crippen LogP contribution is -2.61. The van der Waals surface area contributed by atoms with E-state index in [1.165, 1.54) is 161 Å². The van der Waals surface area contributed by atoms with Gasteiger partial charge in [-0.15, -0.1) is 0 Å². The maximum Gasteiger partial charge on any atom is 0.306 e. The molecule has 0 aromatic rings. The number of allylic oxidation sites excluding steroid dienone is 13. The van der Waals surface area contributed by atoms with Crippen LogP contribution in [0.25, 0.3) is 0 Å². The minimum absolute atomic E-state index is 0.0428. The lowest BCUT2D eigenvalue weighted by Gasteiger charge is -2.41. The van der Waals surface area contributed by atoms with Gasteiger partial charge >= 0.3 is 5.97 Å². The van der Waals surface area contributed by atoms with Gasteiger partial charge < -0.3 is 45.1 Å². The average Bonchev–Trinajstić information content (AvgIpc) is 3.46. The molecule has 0 aromatic carbocycles. The summed E-state index contributed by atoms with van der Waals surface area (Å²) in [6.45, 7) is 5.66. The second kappa shape index (κ2) is 57.3. The molecule has 1 heterocycles. The quantitative estimate of drug-likeness (QED) is 0.0195. The van der Waals surface area contributed by atoms with E-state index in [-0.39, 0.29) is 19.4 Å². The number of hydrogen-bond acceptors (Lipinski definition) is 10. The lowest BCUT2D eigenvalue weighted by molar-refractivity contribution is -0.305. The van der Waals surface area contributed by atoms with E-state index in [1.807, 2.05) is 18.2 Å². The van der Waals surface area contributed by atoms with Gasteiger partial charge in [0.15, 0.2) is 12.4 Å². The van der Waals surface area contributed by atoms with Gasteiger partial charge in [-0.05, 0) is 89.9 Å². The minimum Gasteiger partial charge on any atom is -0.454 e. The van der Waals surface area contributed by atoms with Gasteiger partial charge in [0, 0.05) is 6.42 Å². The molecule has 0 radical (unpaired) electrons. The SMILES string of the molecule is CC/C=C\C/C=C\C/C=C\C/C=C\C/C=C\CCCC(=O)OC1C(OCC(NC(=O)C(O)CCCCCCCCCCCCCC/C=C/CCCCCCCC)C(O)/C=C/CCCCCCCCCCCCC)OC(CO)C(O)C1O. The number of ether oxygens (including phenoxy) is 3. The minimum atomic E-state index is -1.64. The first kappa shape index (κ1) is 75.9. The number of aliphatic hydroxyl groups excluding tert-OH is 5. The highest BCUT2D eigenvalue weighted by atomic mass is 16.7. The molecule has 0 saturated carbocycles. The van der Waals surface area contributed by atoms with Crippen LogP contribution in [0.15, 0.2) is 85.1 Å². The summed E-state index contributed by atoms with van der Waals surface area (Å²) in [4.78, 5) is 26.6. The van der Waals surface area contributed by atoms with E-state index >= 15 is 0 Å². The molecule has 1 aliphatic heterocycles. The number of unbranched alkanes of at least 4 members (excludes halogenated alkanes) is 30. The van der Waals surface area contributed by atoms with E-state index in [0.717, 1.165) is 70.6 Å². The van der Waals surface area contributed by atoms with Gasteiger partial charge in [0.05, 0.1) is 25.4 Å². The second-order valence-corrected chi connectivity index (χ2v) is 22.8. The van der Waals surface area contributed by atoms with Crippen molar-refractivity contribution in [1.29, 1.82) is 0 Å². The number of aliphatic hydroxyl groups is 5. The number of amides is 1. The van der Waals surface area contributed by atoms with Crippen LogP contribution >= 0.6 is 0 Å². The lowest BCUT2D eigenvalue weighted by atomic mass is 9.99. The van der Waals surface area contributed by atoms with Crippen LogP contribution in [0.3, 0.4) is 0 Å². The Morgan fingerprint density at radius 3 is 1.35 bits per heavy atom. The molecule has 81 heavy (non-hydrogen) atoms. The molecule has 1 rings (SSSR count). The normalized spacial score (nSPS) is 19.2. The van der Waals surface area contributed by atoms with Crippen LogP contribution in [0, 0.1) is 0 Å². The monoisotopic (exact) mass is 1140 g/mol. The van der Waals surface area contributed by atoms with Gasteiger partial charge in [-0.3, -0.25) is 9.59 Å². The first-order valence-electron chi connectivity index (χ1n) is 33.4. The zero-order valence-corrected chi connectivity index (χ0v) is 51.9. The third-order valence-electron chi connectivity index (χ3n) is 15.3. The smallest absolute Gasteiger partial charge is 0.306 e. The van der Waals surface area contributed by atoms with Crippen molar-refractivity contribution >= 4 is 11.9 Å². The second-order valence-electron chi connectivity index (χ2n) is 22.8. The van der Waals surface area contributed by atoms with Crippen molar-refractivity contribution < 1.29 is 49.3 Å². The number of carbonyl (C=O) groups excluding carboxylic acids is 2. The number of esters is 1. The molecular formula is C70H123NO10. The molecule has 11 nitrogen and oxygen atoms in total. The Labute approximate surface area is 495 Å². The van der Waals surface area contributed by atoms with Gasteiger partial charge in [0.25, 0.3) is 0 Å². The molecule has 11 heteroatoms. The maximum absolute atomic E-state index is 13.5. The van der Waals surface area contributed by atoms with Gasteiger partial charge in [-0.2, -0.15) is 0 Å². The van der Waals surface area contributed by atoms with Gasteiger partial charge in [0.2, 0.25) is 5.91 Å². The van der Waals surface area contributed by atoms with E-state index in [2.05, 4.69) is 86.8 Å². The highest BCUT2D eigenvalue weighted by molar-refractivity contribution is 5.80. The molecule has 1 fully saturated rings. The third-order valence-corrected chi connectivity index (χ3v) is 15.3. The Morgan fingerprint density at radius 1 is 0.494 bits per heavy atom. The summed E-state index contributed by atoms with van der Waals surface area (Å²) in [6.07, 6.45) is 64.9. The van der Waals surface area contributed by atoms with Crippen LogP contribution in [0.4, 0.5) is 0 Å². The summed E-state index contributed by atoms with van der Waals surface area (Å²) in [5, 5.41) is 57.1. The molecule has 6 N–H and O–H groups in total. The largest absolute Gasteiger partial charge is 0.454 e. The van der Waals surface area contributed by atoms with E-state index < -0.39 is 67.4 Å². The Bertz CT molecular complexity index is 1640. The topological polar surface area (TPSA) is 175 Å². The number of hydrogen-bond donors (Lipinski definition) is 6. The molecule has 0 spiro atoms. The van der Waals surface area contributed by atoms with E-state index in [1.54, 1.807) is 6.08 Å². The van der Waals surface area contributed by atoms with Crippen LogP contribution in [-0.4, -0.2) is 99.6 Å². The van der Waals surface area contributed by atoms with Gasteiger partial charge in [0.1, 0.15) is 24.4 Å². The molecule has 1 aliphatic rings. The summed E-state index contributed by atoms with van der Waals surface area (Å²) in [5.74, 6) is -1.25. The Kier molecular flexibility index (Phi) is 53.6. The fourth-order valence-corrected chi connectivity index (χ4v) is 10.0. The van der Waals surface area contributed by atoms with Crippen molar-refractivity contribution in [3.05, 3.63) is 85.1 Å². The molecule has 0 aromatic heterocycles. The van der Waals surface area contributed by atoms with Crippen LogP contribution in [-0.2, 0) is 23.8 Å². The van der Waals surface area contributed by atoms with Crippen LogP contribution in [0.5, 0.6) is 0 Å². The first-order valence-corrected chi connectivity index (χ1v) is 33.4. The zero-order chi connectivity index (χ0) is 58.9. The van der Waals surface area contributed by atoms with E-state index in [4.69, 9.17) is 14.2 Å². The standard InChI is InChI=1S/C70H123NO10/c1-4-7-10-13-16-19-22-25-27-29-30-31-32-33-35-36-39-42-45-48-51-54-57-63(74)69(78)71-61(62(73)56-53-50-47-44-41-38-24-21-18-15-12-9-6-3)60-79-70-68(67(77)66(76)64(59-72)80-70)81-65(75)58-55-52-49-46-43-40-37-34-28-26-23-20-17-14-11-8-5-2/h8,11,17,20,25-28,37,40,46,49,53,56,61-64,66-68,70,72-74,76-77H,4-7,9-10,12-16,18-19,21-24,29-36,38-39,41-45,47-48,50-52,54-55,57-60H2,1-3H3,(H,71,78)/b11-8-,20-17-,27-25+,28-26-,40-37-,49-46-,56-53+. The van der Waals surface area contributed by atoms with Crippen molar-refractivity contribution in [1.82, 2.24) is 5.32 Å². The predicted octanol–water partition coefficient (Wildman–Crippen LogP) is 16.5. The summed E-state index contributed by atoms with van der Waals surface area (Å²) < 4.78 is 17.6. The van der Waals surface area contributed by atoms with Crippen molar-refractivity contribution in [2.24, 2.45) is 0 Å². The van der Waals surface area contributed by atoms with Crippen molar-refractivity contribution in [2.75, 3.05) is 13.2 Å². The molecule has 0 bridgehead atoms. The molecule has 1 saturated heterocycles. The molecule has 8 unspecified atom stereocenters. The molecule has 8 atom stereocenters. The average molecular weight is 1140 g/mol. The maximum atomic E-state index is 13.5. The molecule has 1 amide bonds. The summed E-state index contributed by atoms with van der Waals surface area (Å²) in [6, 6.07) is -1.04. The van der Waals surface area contributed by atoms with Crippen LogP contribution in [0.1, 0.15) is 284 Å². The Hall–Kier alpha value is -3.16. The fourth-order valence-electron chi connectivity index (χ4n) is 10.0. The number of rotatable bonds is 56. The van der Waals surface area contributed by atoms with E-state index in [9.17, 15) is 35.1 Å². The third kappa shape index (κ3) is 45.0. The Balaban J connectivity index is 2.66. The summed E-state index contributed by atoms with van der Waals surface area (Å²) in [7, 11) is 0. The summed E-state index contributed by atoms with van der Waals surface area (Å²) >= 11 is 0. The van der Waals surface area contributed by atoms with Gasteiger partial charge in [-0.25, -0.2) is 0 Å². The van der Waals surface area contributed by atoms with Crippen LogP contribution < -0.4 is 5.32 Å². The molecular weight excluding hydrogens is 1010 g/mol. The zero-order valence-electron chi connectivity index (χ0n) is 51.9. The number of nitrogens with one attached hydrogen (secondary N) is 1. The van der Waals surface area contributed by atoms with Crippen molar-refractivity contribution in [3.63, 3.8) is 0 Å². The van der Waals surface area contributed by atoms with Gasteiger partial charge in [-0.1, -0.05) is 273 Å². The highest BCUT2D eigenvalue weighted by Gasteiger charge is 2.47. The Morgan fingerprint density at radius 2 is 0.889 bits per heavy atom. The van der Waals surface area contributed by atoms with Crippen molar-refractivity contribution in [3.8, 4) is 0 Å². The summed E-state index contributed by atoms with van der Waals surface area (Å²) in [5.41, 5.74) is 0.